The van der Waals surface area contributed by atoms with E-state index in [0.717, 1.165) is 49.7 Å². The molecule has 1 saturated carbocycles. The number of rotatable bonds is 7. The Kier molecular flexibility index (Phi) is 6.96. The minimum atomic E-state index is -0.386. The normalized spacial score (nSPS) is 21.3. The molecule has 5 rings (SSSR count). The Morgan fingerprint density at radius 1 is 1.06 bits per heavy atom. The number of aromatic nitrogens is 2. The van der Waals surface area contributed by atoms with Gasteiger partial charge in [0.25, 0.3) is 11.1 Å². The van der Waals surface area contributed by atoms with Gasteiger partial charge in [0.15, 0.2) is 0 Å². The van der Waals surface area contributed by atoms with Crippen LogP contribution < -0.4 is 20.7 Å². The maximum Gasteiger partial charge on any atom is 0.290 e. The first-order valence-corrected chi connectivity index (χ1v) is 12.5. The van der Waals surface area contributed by atoms with E-state index in [0.29, 0.717) is 28.6 Å². The Labute approximate surface area is 207 Å². The molecule has 1 saturated heterocycles. The highest BCUT2D eigenvalue weighted by molar-refractivity contribution is 8.18. The standard InChI is InChI=1S/C26H27N5O3S/c1-34-22-9-4-17-12-16(2-3-18(17)13-22)15-28-19-5-7-20(8-6-19)29-25-27-11-10-21(30-25)14-23-24(32)31-26(33)35-23/h2-4,9-14,19-20,28H,5-8,15H2,1H3,(H,27,29,30)(H,31,32,33)/b23-14-. The van der Waals surface area contributed by atoms with Gasteiger partial charge in [0, 0.05) is 24.8 Å². The fraction of sp³-hybridized carbons (Fsp3) is 0.308. The van der Waals surface area contributed by atoms with Gasteiger partial charge in [-0.15, -0.1) is 0 Å². The molecule has 3 N–H and O–H groups in total. The molecular formula is C26H27N5O3S. The van der Waals surface area contributed by atoms with Crippen molar-refractivity contribution in [1.29, 1.82) is 0 Å². The number of ether oxygens (including phenoxy) is 1. The average molecular weight is 490 g/mol. The number of benzene rings is 2. The molecule has 2 aromatic carbocycles. The number of anilines is 1. The van der Waals surface area contributed by atoms with E-state index in [1.54, 1.807) is 25.4 Å². The van der Waals surface area contributed by atoms with E-state index in [2.05, 4.69) is 56.3 Å². The fourth-order valence-electron chi connectivity index (χ4n) is 4.47. The van der Waals surface area contributed by atoms with Crippen LogP contribution in [0.3, 0.4) is 0 Å². The number of nitrogens with zero attached hydrogens (tertiary/aromatic N) is 2. The molecular weight excluding hydrogens is 462 g/mol. The van der Waals surface area contributed by atoms with Crippen molar-refractivity contribution in [2.75, 3.05) is 12.4 Å². The molecule has 0 unspecified atom stereocenters. The molecule has 180 valence electrons. The van der Waals surface area contributed by atoms with E-state index in [1.165, 1.54) is 16.3 Å². The molecule has 0 atom stereocenters. The van der Waals surface area contributed by atoms with Crippen molar-refractivity contribution >= 4 is 45.7 Å². The average Bonchev–Trinajstić information content (AvgIpc) is 3.19. The molecule has 35 heavy (non-hydrogen) atoms. The predicted molar refractivity (Wildman–Crippen MR) is 138 cm³/mol. The smallest absolute Gasteiger partial charge is 0.290 e. The number of amides is 2. The maximum absolute atomic E-state index is 11.8. The zero-order chi connectivity index (χ0) is 24.2. The van der Waals surface area contributed by atoms with E-state index >= 15 is 0 Å². The van der Waals surface area contributed by atoms with E-state index in [9.17, 15) is 9.59 Å². The number of methoxy groups -OCH3 is 1. The lowest BCUT2D eigenvalue weighted by Gasteiger charge is -2.30. The topological polar surface area (TPSA) is 105 Å². The maximum atomic E-state index is 11.8. The minimum Gasteiger partial charge on any atom is -0.497 e. The van der Waals surface area contributed by atoms with Gasteiger partial charge in [-0.1, -0.05) is 18.2 Å². The first-order chi connectivity index (χ1) is 17.1. The monoisotopic (exact) mass is 489 g/mol. The highest BCUT2D eigenvalue weighted by Crippen LogP contribution is 2.26. The third-order valence-electron chi connectivity index (χ3n) is 6.37. The number of fused-ring (bicyclic) bond motifs is 1. The van der Waals surface area contributed by atoms with Crippen molar-refractivity contribution in [2.24, 2.45) is 0 Å². The van der Waals surface area contributed by atoms with Gasteiger partial charge in [-0.2, -0.15) is 0 Å². The highest BCUT2D eigenvalue weighted by atomic mass is 32.2. The van der Waals surface area contributed by atoms with Crippen LogP contribution in [0.5, 0.6) is 5.75 Å². The SMILES string of the molecule is COc1ccc2cc(CNC3CCC(Nc4nccc(/C=C5\SC(=O)NC5=O)n4)CC3)ccc2c1. The molecule has 1 aromatic heterocycles. The lowest BCUT2D eigenvalue weighted by atomic mass is 9.91. The van der Waals surface area contributed by atoms with Gasteiger partial charge in [0.2, 0.25) is 5.95 Å². The van der Waals surface area contributed by atoms with Crippen LogP contribution in [-0.2, 0) is 11.3 Å². The van der Waals surface area contributed by atoms with Crippen LogP contribution in [0, 0.1) is 0 Å². The van der Waals surface area contributed by atoms with Crippen LogP contribution in [0.1, 0.15) is 36.9 Å². The second-order valence-electron chi connectivity index (χ2n) is 8.78. The van der Waals surface area contributed by atoms with Crippen LogP contribution >= 0.6 is 11.8 Å². The lowest BCUT2D eigenvalue weighted by Crippen LogP contribution is -2.36. The van der Waals surface area contributed by atoms with Crippen LogP contribution in [0.4, 0.5) is 10.7 Å². The van der Waals surface area contributed by atoms with Gasteiger partial charge in [-0.05, 0) is 84.1 Å². The molecule has 9 heteroatoms. The molecule has 0 spiro atoms. The number of nitrogens with one attached hydrogen (secondary N) is 3. The molecule has 1 aliphatic carbocycles. The van der Waals surface area contributed by atoms with Gasteiger partial charge < -0.3 is 15.4 Å². The summed E-state index contributed by atoms with van der Waals surface area (Å²) in [5.74, 6) is 1.03. The summed E-state index contributed by atoms with van der Waals surface area (Å²) in [6.45, 7) is 0.846. The van der Waals surface area contributed by atoms with Gasteiger partial charge in [0.05, 0.1) is 17.7 Å². The van der Waals surface area contributed by atoms with Crippen LogP contribution in [0.2, 0.25) is 0 Å². The summed E-state index contributed by atoms with van der Waals surface area (Å²) in [5, 5.41) is 11.4. The first kappa shape index (κ1) is 23.3. The summed E-state index contributed by atoms with van der Waals surface area (Å²) in [4.78, 5) is 32.3. The van der Waals surface area contributed by atoms with Gasteiger partial charge in [-0.3, -0.25) is 14.9 Å². The molecule has 0 bridgehead atoms. The Morgan fingerprint density at radius 3 is 2.60 bits per heavy atom. The Hall–Kier alpha value is -3.43. The summed E-state index contributed by atoms with van der Waals surface area (Å²) in [7, 11) is 1.69. The molecule has 8 nitrogen and oxygen atoms in total. The van der Waals surface area contributed by atoms with Gasteiger partial charge >= 0.3 is 0 Å². The highest BCUT2D eigenvalue weighted by Gasteiger charge is 2.25. The van der Waals surface area contributed by atoms with Gasteiger partial charge in [-0.25, -0.2) is 9.97 Å². The quantitative estimate of drug-likeness (QED) is 0.418. The van der Waals surface area contributed by atoms with E-state index in [-0.39, 0.29) is 11.1 Å². The Morgan fingerprint density at radius 2 is 1.83 bits per heavy atom. The molecule has 2 amide bonds. The van der Waals surface area contributed by atoms with E-state index in [4.69, 9.17) is 4.74 Å². The molecule has 3 aromatic rings. The van der Waals surface area contributed by atoms with Crippen molar-refractivity contribution < 1.29 is 14.3 Å². The third-order valence-corrected chi connectivity index (χ3v) is 7.18. The number of hydrogen-bond donors (Lipinski definition) is 3. The van der Waals surface area contributed by atoms with Crippen LogP contribution in [0.25, 0.3) is 16.8 Å². The summed E-state index contributed by atoms with van der Waals surface area (Å²) in [6, 6.07) is 15.2. The van der Waals surface area contributed by atoms with Crippen molar-refractivity contribution in [2.45, 2.75) is 44.3 Å². The van der Waals surface area contributed by atoms with Crippen molar-refractivity contribution in [3.8, 4) is 5.75 Å². The first-order valence-electron chi connectivity index (χ1n) is 11.7. The van der Waals surface area contributed by atoms with Crippen molar-refractivity contribution in [3.63, 3.8) is 0 Å². The molecule has 0 radical (unpaired) electrons. The largest absolute Gasteiger partial charge is 0.497 e. The molecule has 2 heterocycles. The summed E-state index contributed by atoms with van der Waals surface area (Å²) in [5.41, 5.74) is 1.87. The minimum absolute atomic E-state index is 0.303. The lowest BCUT2D eigenvalue weighted by molar-refractivity contribution is -0.115. The van der Waals surface area contributed by atoms with Gasteiger partial charge in [0.1, 0.15) is 5.75 Å². The predicted octanol–water partition coefficient (Wildman–Crippen LogP) is 4.48. The van der Waals surface area contributed by atoms with Crippen LogP contribution in [0.15, 0.2) is 53.6 Å². The summed E-state index contributed by atoms with van der Waals surface area (Å²) >= 11 is 0.884. The second kappa shape index (κ2) is 10.5. The molecule has 1 aliphatic heterocycles. The summed E-state index contributed by atoms with van der Waals surface area (Å²) in [6.07, 6.45) is 7.47. The molecule has 2 fully saturated rings. The molecule has 2 aliphatic rings. The van der Waals surface area contributed by atoms with Crippen molar-refractivity contribution in [3.05, 3.63) is 64.8 Å². The summed E-state index contributed by atoms with van der Waals surface area (Å²) < 4.78 is 5.31. The van der Waals surface area contributed by atoms with Crippen LogP contribution in [-0.4, -0.2) is 40.3 Å². The number of thioether (sulfide) groups is 1. The third kappa shape index (κ3) is 5.80. The Balaban J connectivity index is 1.11. The number of carbonyl (C=O) groups is 2. The number of carbonyl (C=O) groups excluding carboxylic acids is 2. The fourth-order valence-corrected chi connectivity index (χ4v) is 5.14. The second-order valence-corrected chi connectivity index (χ2v) is 9.79. The zero-order valence-corrected chi connectivity index (χ0v) is 20.2. The number of imide groups is 1. The van der Waals surface area contributed by atoms with E-state index < -0.39 is 0 Å². The number of hydrogen-bond acceptors (Lipinski definition) is 8. The zero-order valence-electron chi connectivity index (χ0n) is 19.4. The van der Waals surface area contributed by atoms with Crippen molar-refractivity contribution in [1.82, 2.24) is 20.6 Å². The Bertz CT molecular complexity index is 1290. The van der Waals surface area contributed by atoms with E-state index in [1.807, 2.05) is 6.07 Å².